The van der Waals surface area contributed by atoms with E-state index in [1.807, 2.05) is 11.1 Å². The molecule has 0 bridgehead atoms. The minimum Gasteiger partial charge on any atom is -0.329 e. The van der Waals surface area contributed by atoms with Gasteiger partial charge < -0.3 is 10.2 Å². The minimum atomic E-state index is -0.0644. The van der Waals surface area contributed by atoms with Gasteiger partial charge in [-0.25, -0.2) is 0 Å². The Morgan fingerprint density at radius 3 is 2.46 bits per heavy atom. The van der Waals surface area contributed by atoms with Crippen LogP contribution in [-0.4, -0.2) is 16.3 Å². The number of nitrogens with one attached hydrogen (secondary N) is 1. The van der Waals surface area contributed by atoms with Gasteiger partial charge in [0.15, 0.2) is 0 Å². The third-order valence-corrected chi connectivity index (χ3v) is 1.95. The number of carbonyl (C=O) groups excluding carboxylic acids is 1. The summed E-state index contributed by atoms with van der Waals surface area (Å²) in [6, 6.07) is 0. The number of hydrogen-bond donors (Lipinski definition) is 1. The number of rotatable bonds is 0. The fourth-order valence-corrected chi connectivity index (χ4v) is 1.22. The summed E-state index contributed by atoms with van der Waals surface area (Å²) in [5.74, 6) is 0.577. The Morgan fingerprint density at radius 1 is 1.46 bits per heavy atom. The van der Waals surface area contributed by atoms with Crippen LogP contribution in [-0.2, 0) is 4.79 Å². The summed E-state index contributed by atoms with van der Waals surface area (Å²) in [7, 11) is 0. The van der Waals surface area contributed by atoms with Gasteiger partial charge in [-0.1, -0.05) is 6.58 Å². The summed E-state index contributed by atoms with van der Waals surface area (Å²) in [6.45, 7) is 11.8. The normalized spacial score (nSPS) is 18.5. The molecule has 0 spiro atoms. The first-order valence-corrected chi connectivity index (χ1v) is 4.30. The molecule has 0 aromatic heterocycles. The lowest BCUT2D eigenvalue weighted by Crippen LogP contribution is -2.46. The van der Waals surface area contributed by atoms with Crippen LogP contribution < -0.4 is 5.32 Å². The molecule has 3 nitrogen and oxygen atoms in total. The Kier molecular flexibility index (Phi) is 2.20. The van der Waals surface area contributed by atoms with Crippen molar-refractivity contribution in [3.8, 4) is 0 Å². The molecule has 13 heavy (non-hydrogen) atoms. The third kappa shape index (κ3) is 1.91. The van der Waals surface area contributed by atoms with Crippen molar-refractivity contribution in [2.75, 3.05) is 0 Å². The van der Waals surface area contributed by atoms with Crippen LogP contribution in [0.25, 0.3) is 0 Å². The lowest BCUT2D eigenvalue weighted by Gasteiger charge is -2.38. The van der Waals surface area contributed by atoms with Crippen molar-refractivity contribution in [2.24, 2.45) is 0 Å². The molecule has 1 rings (SSSR count). The van der Waals surface area contributed by atoms with Crippen molar-refractivity contribution in [3.05, 3.63) is 24.2 Å². The molecule has 72 valence electrons. The topological polar surface area (TPSA) is 32.3 Å². The Labute approximate surface area is 79.1 Å². The molecule has 1 aliphatic rings. The quantitative estimate of drug-likeness (QED) is 0.614. The summed E-state index contributed by atoms with van der Waals surface area (Å²) >= 11 is 0. The molecule has 3 heteroatoms. The van der Waals surface area contributed by atoms with Crippen LogP contribution in [0.15, 0.2) is 24.2 Å². The molecule has 0 atom stereocenters. The lowest BCUT2D eigenvalue weighted by atomic mass is 10.1. The average Bonchev–Trinajstić information content (AvgIpc) is 1.94. The lowest BCUT2D eigenvalue weighted by molar-refractivity contribution is -0.117. The summed E-state index contributed by atoms with van der Waals surface area (Å²) in [5.41, 5.74) is 0.661. The van der Waals surface area contributed by atoms with Gasteiger partial charge in [0.2, 0.25) is 0 Å². The molecule has 0 fully saturated rings. The maximum atomic E-state index is 11.2. The van der Waals surface area contributed by atoms with Crippen molar-refractivity contribution in [1.82, 2.24) is 10.2 Å². The van der Waals surface area contributed by atoms with Crippen LogP contribution in [0.2, 0.25) is 0 Å². The highest BCUT2D eigenvalue weighted by Crippen LogP contribution is 2.21. The van der Waals surface area contributed by atoms with E-state index >= 15 is 0 Å². The van der Waals surface area contributed by atoms with Crippen LogP contribution in [0.4, 0.5) is 0 Å². The van der Waals surface area contributed by atoms with E-state index in [9.17, 15) is 4.79 Å². The minimum absolute atomic E-state index is 0.0496. The van der Waals surface area contributed by atoms with Crippen LogP contribution in [0.3, 0.4) is 0 Å². The zero-order valence-electron chi connectivity index (χ0n) is 8.64. The second-order valence-electron chi connectivity index (χ2n) is 4.25. The monoisotopic (exact) mass is 180 g/mol. The molecule has 1 N–H and O–H groups in total. The first-order chi connectivity index (χ1) is 5.82. The van der Waals surface area contributed by atoms with Crippen molar-refractivity contribution in [2.45, 2.75) is 33.2 Å². The van der Waals surface area contributed by atoms with Crippen LogP contribution in [0.5, 0.6) is 0 Å². The number of nitrogens with zero attached hydrogens (tertiary/aromatic N) is 1. The molecular weight excluding hydrogens is 164 g/mol. The van der Waals surface area contributed by atoms with E-state index in [1.165, 1.54) is 0 Å². The van der Waals surface area contributed by atoms with Gasteiger partial charge in [-0.3, -0.25) is 4.79 Å². The Bertz CT molecular complexity index is 284. The van der Waals surface area contributed by atoms with Gasteiger partial charge >= 0.3 is 0 Å². The number of amides is 1. The van der Waals surface area contributed by atoms with Crippen molar-refractivity contribution >= 4 is 5.91 Å². The molecule has 0 aromatic carbocycles. The van der Waals surface area contributed by atoms with Crippen molar-refractivity contribution in [1.29, 1.82) is 0 Å². The van der Waals surface area contributed by atoms with E-state index in [2.05, 4.69) is 32.7 Å². The van der Waals surface area contributed by atoms with Crippen LogP contribution in [0, 0.1) is 0 Å². The predicted octanol–water partition coefficient (Wildman–Crippen LogP) is 1.59. The average molecular weight is 180 g/mol. The molecule has 1 aliphatic heterocycles. The molecule has 1 heterocycles. The van der Waals surface area contributed by atoms with E-state index in [1.54, 1.807) is 6.92 Å². The Morgan fingerprint density at radius 2 is 2.00 bits per heavy atom. The fourth-order valence-electron chi connectivity index (χ4n) is 1.22. The molecule has 0 aromatic rings. The maximum Gasteiger partial charge on any atom is 0.253 e. The standard InChI is InChI=1S/C10H16N2O/c1-7-6-12(10(3,4)5)8(2)11-9(7)13/h6H,2H2,1,3-5H3,(H,11,13). The number of carbonyl (C=O) groups is 1. The third-order valence-electron chi connectivity index (χ3n) is 1.95. The molecular formula is C10H16N2O. The highest BCUT2D eigenvalue weighted by Gasteiger charge is 2.26. The van der Waals surface area contributed by atoms with E-state index < -0.39 is 0 Å². The second-order valence-corrected chi connectivity index (χ2v) is 4.25. The van der Waals surface area contributed by atoms with Crippen molar-refractivity contribution in [3.63, 3.8) is 0 Å². The first kappa shape index (κ1) is 9.84. The molecule has 0 unspecified atom stereocenters. The summed E-state index contributed by atoms with van der Waals surface area (Å²) < 4.78 is 0. The van der Waals surface area contributed by atoms with Crippen LogP contribution in [0.1, 0.15) is 27.7 Å². The first-order valence-electron chi connectivity index (χ1n) is 4.30. The maximum absolute atomic E-state index is 11.2. The Hall–Kier alpha value is -1.25. The molecule has 0 saturated heterocycles. The van der Waals surface area contributed by atoms with Gasteiger partial charge in [0.25, 0.3) is 5.91 Å². The smallest absolute Gasteiger partial charge is 0.253 e. The zero-order chi connectivity index (χ0) is 10.2. The van der Waals surface area contributed by atoms with E-state index in [0.29, 0.717) is 11.4 Å². The summed E-state index contributed by atoms with van der Waals surface area (Å²) in [6.07, 6.45) is 1.83. The molecule has 0 radical (unpaired) electrons. The van der Waals surface area contributed by atoms with Gasteiger partial charge in [-0.15, -0.1) is 0 Å². The second kappa shape index (κ2) is 2.91. The largest absolute Gasteiger partial charge is 0.329 e. The highest BCUT2D eigenvalue weighted by atomic mass is 16.2. The SMILES string of the molecule is C=C1NC(=O)C(C)=CN1C(C)(C)C. The van der Waals surface area contributed by atoms with E-state index in [-0.39, 0.29) is 11.4 Å². The van der Waals surface area contributed by atoms with Gasteiger partial charge in [0, 0.05) is 17.3 Å². The molecule has 1 amide bonds. The molecule has 0 saturated carbocycles. The van der Waals surface area contributed by atoms with Gasteiger partial charge in [-0.2, -0.15) is 0 Å². The highest BCUT2D eigenvalue weighted by molar-refractivity contribution is 5.94. The van der Waals surface area contributed by atoms with Crippen molar-refractivity contribution < 1.29 is 4.79 Å². The summed E-state index contributed by atoms with van der Waals surface area (Å²) in [4.78, 5) is 13.2. The Balaban J connectivity index is 3.01. The summed E-state index contributed by atoms with van der Waals surface area (Å²) in [5, 5.41) is 2.71. The predicted molar refractivity (Wildman–Crippen MR) is 52.6 cm³/mol. The fraction of sp³-hybridized carbons (Fsp3) is 0.500. The van der Waals surface area contributed by atoms with Gasteiger partial charge in [-0.05, 0) is 27.7 Å². The zero-order valence-corrected chi connectivity index (χ0v) is 8.64. The van der Waals surface area contributed by atoms with E-state index in [0.717, 1.165) is 0 Å². The van der Waals surface area contributed by atoms with Crippen LogP contribution >= 0.6 is 0 Å². The van der Waals surface area contributed by atoms with Gasteiger partial charge in [0.1, 0.15) is 5.82 Å². The number of hydrogen-bond acceptors (Lipinski definition) is 2. The molecule has 0 aliphatic carbocycles. The van der Waals surface area contributed by atoms with E-state index in [4.69, 9.17) is 0 Å². The van der Waals surface area contributed by atoms with Gasteiger partial charge in [0.05, 0.1) is 0 Å².